The lowest BCUT2D eigenvalue weighted by Crippen LogP contribution is -2.34. The molecule has 3 aromatic carbocycles. The van der Waals surface area contributed by atoms with Gasteiger partial charge in [0.2, 0.25) is 0 Å². The van der Waals surface area contributed by atoms with Crippen molar-refractivity contribution in [2.75, 3.05) is 29.4 Å². The third-order valence-corrected chi connectivity index (χ3v) is 10.2. The van der Waals surface area contributed by atoms with Gasteiger partial charge in [0.05, 0.1) is 23.4 Å². The van der Waals surface area contributed by atoms with Crippen molar-refractivity contribution in [3.05, 3.63) is 105 Å². The first-order valence-corrected chi connectivity index (χ1v) is 16.3. The standard InChI is InChI=1S/C37H36F2N6O2/c1-22-15-31-32(42(2)37(22)47)6-3-7-33(31)44-12-4-5-23-17-29(30(35(38)39)18-34(23)44)25-20-41-45(21-25)26-10-13-43(14-11-26)27-8-9-28-24(16-27)19-40-36(28)46/h3,6-9,15-18,20-21,26,35H,4-5,10-14,19H2,1-2H3,(H,40,46). The van der Waals surface area contributed by atoms with E-state index in [1.165, 1.54) is 0 Å². The molecule has 0 radical (unpaired) electrons. The quantitative estimate of drug-likeness (QED) is 0.230. The molecule has 5 aromatic rings. The van der Waals surface area contributed by atoms with Crippen molar-refractivity contribution in [3.8, 4) is 11.1 Å². The van der Waals surface area contributed by atoms with Gasteiger partial charge in [0.1, 0.15) is 0 Å². The zero-order valence-corrected chi connectivity index (χ0v) is 26.5. The van der Waals surface area contributed by atoms with E-state index >= 15 is 0 Å². The van der Waals surface area contributed by atoms with Crippen LogP contribution in [-0.2, 0) is 20.0 Å². The van der Waals surface area contributed by atoms with Gasteiger partial charge in [0, 0.05) is 78.4 Å². The molecule has 0 saturated carbocycles. The lowest BCUT2D eigenvalue weighted by Gasteiger charge is -2.34. The fourth-order valence-electron chi connectivity index (χ4n) is 7.68. The third kappa shape index (κ3) is 4.97. The number of nitrogens with one attached hydrogen (secondary N) is 1. The highest BCUT2D eigenvalue weighted by molar-refractivity contribution is 5.99. The van der Waals surface area contributed by atoms with Crippen LogP contribution >= 0.6 is 0 Å². The number of carbonyl (C=O) groups excluding carboxylic acids is 1. The van der Waals surface area contributed by atoms with Crippen molar-refractivity contribution in [2.45, 2.75) is 51.6 Å². The Labute approximate surface area is 271 Å². The monoisotopic (exact) mass is 634 g/mol. The molecule has 0 atom stereocenters. The van der Waals surface area contributed by atoms with Gasteiger partial charge in [-0.05, 0) is 97.8 Å². The van der Waals surface area contributed by atoms with E-state index in [-0.39, 0.29) is 23.1 Å². The summed E-state index contributed by atoms with van der Waals surface area (Å²) in [5.41, 5.74) is 8.30. The smallest absolute Gasteiger partial charge is 0.264 e. The molecule has 8 rings (SSSR count). The van der Waals surface area contributed by atoms with Crippen LogP contribution < -0.4 is 20.7 Å². The van der Waals surface area contributed by atoms with Gasteiger partial charge < -0.3 is 19.7 Å². The number of fused-ring (bicyclic) bond motifs is 3. The summed E-state index contributed by atoms with van der Waals surface area (Å²) in [5, 5.41) is 8.48. The Balaban J connectivity index is 1.07. The number of alkyl halides is 2. The molecule has 1 saturated heterocycles. The highest BCUT2D eigenvalue weighted by Gasteiger charge is 2.28. The molecule has 0 unspecified atom stereocenters. The maximum absolute atomic E-state index is 14.8. The van der Waals surface area contributed by atoms with Gasteiger partial charge in [-0.25, -0.2) is 8.78 Å². The summed E-state index contributed by atoms with van der Waals surface area (Å²) in [6.07, 6.45) is 4.44. The molecule has 0 spiro atoms. The Morgan fingerprint density at radius 2 is 1.77 bits per heavy atom. The molecule has 3 aliphatic heterocycles. The lowest BCUT2D eigenvalue weighted by molar-refractivity contribution is 0.0965. The van der Waals surface area contributed by atoms with E-state index in [2.05, 4.69) is 26.3 Å². The molecular formula is C37H36F2N6O2. The number of halogens is 2. The van der Waals surface area contributed by atoms with Crippen LogP contribution in [0.5, 0.6) is 0 Å². The normalized spacial score (nSPS) is 16.6. The first-order valence-electron chi connectivity index (χ1n) is 16.3. The predicted molar refractivity (Wildman–Crippen MR) is 180 cm³/mol. The summed E-state index contributed by atoms with van der Waals surface area (Å²) >= 11 is 0. The first-order chi connectivity index (χ1) is 22.8. The number of pyridine rings is 1. The Kier molecular flexibility index (Phi) is 7.11. The summed E-state index contributed by atoms with van der Waals surface area (Å²) in [5.74, 6) is -0.0139. The van der Waals surface area contributed by atoms with E-state index in [1.54, 1.807) is 23.9 Å². The van der Waals surface area contributed by atoms with Crippen LogP contribution in [0.1, 0.15) is 64.3 Å². The predicted octanol–water partition coefficient (Wildman–Crippen LogP) is 6.82. The number of aromatic nitrogens is 3. The molecule has 1 N–H and O–H groups in total. The second-order valence-electron chi connectivity index (χ2n) is 13.0. The maximum Gasteiger partial charge on any atom is 0.264 e. The molecule has 8 nitrogen and oxygen atoms in total. The van der Waals surface area contributed by atoms with Crippen molar-refractivity contribution in [2.24, 2.45) is 7.05 Å². The van der Waals surface area contributed by atoms with Crippen molar-refractivity contribution in [1.29, 1.82) is 0 Å². The number of benzene rings is 3. The lowest BCUT2D eigenvalue weighted by atomic mass is 9.92. The summed E-state index contributed by atoms with van der Waals surface area (Å²) in [7, 11) is 1.77. The Morgan fingerprint density at radius 1 is 0.936 bits per heavy atom. The molecule has 10 heteroatoms. The number of hydrogen-bond acceptors (Lipinski definition) is 5. The summed E-state index contributed by atoms with van der Waals surface area (Å²) in [4.78, 5) is 29.0. The fraction of sp³-hybridized carbons (Fsp3) is 0.324. The van der Waals surface area contributed by atoms with Gasteiger partial charge in [-0.2, -0.15) is 5.10 Å². The average Bonchev–Trinajstić information content (AvgIpc) is 3.73. The Morgan fingerprint density at radius 3 is 2.57 bits per heavy atom. The van der Waals surface area contributed by atoms with Gasteiger partial charge in [0.25, 0.3) is 17.9 Å². The zero-order chi connectivity index (χ0) is 32.4. The average molecular weight is 635 g/mol. The van der Waals surface area contributed by atoms with Crippen LogP contribution in [0.25, 0.3) is 22.0 Å². The number of aryl methyl sites for hydroxylation is 3. The number of rotatable bonds is 5. The summed E-state index contributed by atoms with van der Waals surface area (Å²) < 4.78 is 33.1. The van der Waals surface area contributed by atoms with E-state index in [1.807, 2.05) is 60.3 Å². The second-order valence-corrected chi connectivity index (χ2v) is 13.0. The zero-order valence-electron chi connectivity index (χ0n) is 26.5. The minimum absolute atomic E-state index is 0.00147. The fourth-order valence-corrected chi connectivity index (χ4v) is 7.68. The molecule has 1 fully saturated rings. The van der Waals surface area contributed by atoms with Gasteiger partial charge in [-0.3, -0.25) is 14.3 Å². The number of amides is 1. The van der Waals surface area contributed by atoms with Crippen molar-refractivity contribution in [1.82, 2.24) is 19.7 Å². The van der Waals surface area contributed by atoms with E-state index in [4.69, 9.17) is 0 Å². The van der Waals surface area contributed by atoms with E-state index in [9.17, 15) is 18.4 Å². The van der Waals surface area contributed by atoms with Crippen LogP contribution in [-0.4, -0.2) is 39.9 Å². The molecule has 47 heavy (non-hydrogen) atoms. The number of anilines is 3. The van der Waals surface area contributed by atoms with Gasteiger partial charge >= 0.3 is 0 Å². The number of carbonyl (C=O) groups is 1. The van der Waals surface area contributed by atoms with Crippen LogP contribution in [0.2, 0.25) is 0 Å². The van der Waals surface area contributed by atoms with Crippen LogP contribution in [0, 0.1) is 6.92 Å². The van der Waals surface area contributed by atoms with E-state index in [0.29, 0.717) is 29.8 Å². The summed E-state index contributed by atoms with van der Waals surface area (Å²) in [6.45, 7) is 4.77. The topological polar surface area (TPSA) is 75.4 Å². The molecule has 0 aliphatic carbocycles. The van der Waals surface area contributed by atoms with Crippen molar-refractivity contribution >= 4 is 33.9 Å². The largest absolute Gasteiger partial charge is 0.371 e. The Hall–Kier alpha value is -4.99. The van der Waals surface area contributed by atoms with Gasteiger partial charge in [-0.1, -0.05) is 6.07 Å². The molecular weight excluding hydrogens is 598 g/mol. The Bertz CT molecular complexity index is 2110. The molecule has 0 bridgehead atoms. The highest BCUT2D eigenvalue weighted by atomic mass is 19.3. The van der Waals surface area contributed by atoms with E-state index in [0.717, 1.165) is 83.4 Å². The molecule has 240 valence electrons. The minimum Gasteiger partial charge on any atom is -0.371 e. The summed E-state index contributed by atoms with van der Waals surface area (Å²) in [6, 6.07) is 17.6. The van der Waals surface area contributed by atoms with Crippen LogP contribution in [0.3, 0.4) is 0 Å². The number of nitrogens with zero attached hydrogens (tertiary/aromatic N) is 5. The third-order valence-electron chi connectivity index (χ3n) is 10.2. The van der Waals surface area contributed by atoms with Crippen LogP contribution in [0.4, 0.5) is 25.8 Å². The molecule has 5 heterocycles. The number of hydrogen-bond donors (Lipinski definition) is 1. The maximum atomic E-state index is 14.8. The molecule has 2 aromatic heterocycles. The van der Waals surface area contributed by atoms with Gasteiger partial charge in [0.15, 0.2) is 0 Å². The highest BCUT2D eigenvalue weighted by Crippen LogP contribution is 2.43. The van der Waals surface area contributed by atoms with Crippen molar-refractivity contribution < 1.29 is 13.6 Å². The number of piperidine rings is 1. The SMILES string of the molecule is Cc1cc2c(N3CCCc4cc(-c5cnn(C6CCN(c7ccc8c(c7)CNC8=O)CC6)c5)c(C(F)F)cc43)cccc2n(C)c1=O. The van der Waals surface area contributed by atoms with E-state index < -0.39 is 6.43 Å². The first kappa shape index (κ1) is 29.4. The molecule has 3 aliphatic rings. The second kappa shape index (κ2) is 11.4. The van der Waals surface area contributed by atoms with Crippen molar-refractivity contribution in [3.63, 3.8) is 0 Å². The molecule has 1 amide bonds. The minimum atomic E-state index is -2.65. The van der Waals surface area contributed by atoms with Crippen LogP contribution in [0.15, 0.2) is 71.8 Å². The van der Waals surface area contributed by atoms with Gasteiger partial charge in [-0.15, -0.1) is 0 Å².